The first-order valence-electron chi connectivity index (χ1n) is 12.0. The number of hydrogen-bond donors (Lipinski definition) is 2. The number of imidazole rings is 1. The first kappa shape index (κ1) is 24.3. The summed E-state index contributed by atoms with van der Waals surface area (Å²) in [4.78, 5) is 26.0. The van der Waals surface area contributed by atoms with E-state index >= 15 is 0 Å². The average molecular weight is 568 g/mol. The lowest BCUT2D eigenvalue weighted by Gasteiger charge is -2.17. The van der Waals surface area contributed by atoms with Gasteiger partial charge in [-0.05, 0) is 53.1 Å². The van der Waals surface area contributed by atoms with Crippen LogP contribution >= 0.6 is 11.6 Å². The number of nitrogen functional groups attached to an aromatic ring is 1. The number of nitrogens with one attached hydrogen (secondary N) is 1. The van der Waals surface area contributed by atoms with Crippen LogP contribution in [0.25, 0.3) is 28.2 Å². The second-order valence-corrected chi connectivity index (χ2v) is 9.99. The number of aromatic nitrogens is 8. The monoisotopic (exact) mass is 567 g/mol. The fraction of sp³-hybridized carbons (Fsp3) is 0.200. The normalized spacial score (nSPS) is 19.4. The van der Waals surface area contributed by atoms with Crippen LogP contribution in [0.4, 0.5) is 18.9 Å². The summed E-state index contributed by atoms with van der Waals surface area (Å²) in [7, 11) is 0. The summed E-state index contributed by atoms with van der Waals surface area (Å²) in [5.74, 6) is 0.787. The second-order valence-electron chi connectivity index (χ2n) is 9.56. The van der Waals surface area contributed by atoms with Crippen molar-refractivity contribution in [2.24, 2.45) is 5.92 Å². The van der Waals surface area contributed by atoms with Crippen molar-refractivity contribution in [1.82, 2.24) is 39.7 Å². The Hall–Kier alpha value is -4.72. The SMILES string of the molecule is Nc1ccc(-c2cnc(C3C4CC4c4nc(-c5cc(Cl)ccc5-n5cnnn5)cc(=O)n43)[nH]2)cc1OC(F)(F)F. The van der Waals surface area contributed by atoms with E-state index < -0.39 is 18.2 Å². The third-order valence-electron chi connectivity index (χ3n) is 7.09. The standard InChI is InChI=1S/C25H17ClF3N9O2/c26-12-2-4-19(37-10-32-35-36-37)15(6-12)17-8-21(39)38-22(13-7-14(13)24(38)34-17)23-31-9-18(33-23)11-1-3-16(30)20(5-11)40-25(27,28)29/h1-6,8-10,13-14,22H,7,30H2,(H,31,33). The zero-order chi connectivity index (χ0) is 27.8. The maximum absolute atomic E-state index is 13.5. The van der Waals surface area contributed by atoms with Crippen molar-refractivity contribution in [2.45, 2.75) is 24.7 Å². The molecule has 1 fully saturated rings. The van der Waals surface area contributed by atoms with Gasteiger partial charge in [0.25, 0.3) is 5.56 Å². The molecule has 7 rings (SSSR count). The molecule has 15 heteroatoms. The minimum atomic E-state index is -4.88. The topological polar surface area (TPSA) is 142 Å². The molecule has 0 saturated heterocycles. The lowest BCUT2D eigenvalue weighted by atomic mass is 10.1. The summed E-state index contributed by atoms with van der Waals surface area (Å²) in [6, 6.07) is 10.3. The van der Waals surface area contributed by atoms with Gasteiger partial charge in [-0.3, -0.25) is 9.36 Å². The first-order chi connectivity index (χ1) is 19.2. The number of anilines is 1. The van der Waals surface area contributed by atoms with E-state index in [-0.39, 0.29) is 23.1 Å². The minimum Gasteiger partial charge on any atom is -0.404 e. The summed E-state index contributed by atoms with van der Waals surface area (Å²) in [5.41, 5.74) is 7.74. The van der Waals surface area contributed by atoms with Crippen molar-refractivity contribution in [2.75, 3.05) is 5.73 Å². The Bertz CT molecular complexity index is 1830. The van der Waals surface area contributed by atoms with Gasteiger partial charge in [-0.2, -0.15) is 4.68 Å². The molecule has 202 valence electrons. The molecule has 3 N–H and O–H groups in total. The molecule has 0 spiro atoms. The van der Waals surface area contributed by atoms with E-state index in [0.29, 0.717) is 44.9 Å². The minimum absolute atomic E-state index is 0.0604. The molecular formula is C25H17ClF3N9O2. The van der Waals surface area contributed by atoms with Gasteiger partial charge in [-0.15, -0.1) is 18.3 Å². The van der Waals surface area contributed by atoms with Gasteiger partial charge in [0.2, 0.25) is 0 Å². The quantitative estimate of drug-likeness (QED) is 0.302. The Balaban J connectivity index is 1.26. The highest BCUT2D eigenvalue weighted by Crippen LogP contribution is 2.59. The number of ether oxygens (including phenoxy) is 1. The molecule has 3 unspecified atom stereocenters. The average Bonchev–Trinajstić information content (AvgIpc) is 3.26. The van der Waals surface area contributed by atoms with Crippen LogP contribution in [0.15, 0.2) is 59.8 Å². The van der Waals surface area contributed by atoms with Gasteiger partial charge in [-0.25, -0.2) is 9.97 Å². The zero-order valence-corrected chi connectivity index (χ0v) is 20.9. The highest BCUT2D eigenvalue weighted by atomic mass is 35.5. The Labute approximate surface area is 227 Å². The van der Waals surface area contributed by atoms with Crippen LogP contribution in [0.3, 0.4) is 0 Å². The fourth-order valence-corrected chi connectivity index (χ4v) is 5.47. The number of alkyl halides is 3. The summed E-state index contributed by atoms with van der Waals surface area (Å²) >= 11 is 6.27. The molecule has 0 radical (unpaired) electrons. The van der Waals surface area contributed by atoms with Crippen LogP contribution in [-0.4, -0.2) is 46.1 Å². The van der Waals surface area contributed by atoms with Crippen LogP contribution in [-0.2, 0) is 0 Å². The Kier molecular flexibility index (Phi) is 5.26. The summed E-state index contributed by atoms with van der Waals surface area (Å²) < 4.78 is 45.5. The van der Waals surface area contributed by atoms with Gasteiger partial charge >= 0.3 is 6.36 Å². The summed E-state index contributed by atoms with van der Waals surface area (Å²) in [6.45, 7) is 0. The number of nitrogens with two attached hydrogens (primary N) is 1. The van der Waals surface area contributed by atoms with Crippen LogP contribution in [0.2, 0.25) is 5.02 Å². The van der Waals surface area contributed by atoms with Crippen molar-refractivity contribution >= 4 is 17.3 Å². The molecule has 3 atom stereocenters. The third-order valence-corrected chi connectivity index (χ3v) is 7.33. The lowest BCUT2D eigenvalue weighted by molar-refractivity contribution is -0.274. The molecule has 1 aliphatic heterocycles. The van der Waals surface area contributed by atoms with Gasteiger partial charge in [0, 0.05) is 28.1 Å². The molecule has 11 nitrogen and oxygen atoms in total. The molecule has 1 saturated carbocycles. The van der Waals surface area contributed by atoms with Gasteiger partial charge < -0.3 is 15.5 Å². The van der Waals surface area contributed by atoms with Crippen LogP contribution < -0.4 is 16.0 Å². The van der Waals surface area contributed by atoms with E-state index in [0.717, 1.165) is 6.42 Å². The van der Waals surface area contributed by atoms with E-state index in [1.54, 1.807) is 28.8 Å². The van der Waals surface area contributed by atoms with Crippen LogP contribution in [0, 0.1) is 5.92 Å². The number of tetrazole rings is 1. The third kappa shape index (κ3) is 4.07. The summed E-state index contributed by atoms with van der Waals surface area (Å²) in [5, 5.41) is 11.8. The van der Waals surface area contributed by atoms with Crippen LogP contribution in [0.1, 0.15) is 30.0 Å². The number of H-pyrrole nitrogens is 1. The molecule has 2 aliphatic rings. The first-order valence-corrected chi connectivity index (χ1v) is 12.4. The van der Waals surface area contributed by atoms with Crippen molar-refractivity contribution in [3.05, 3.63) is 82.0 Å². The van der Waals surface area contributed by atoms with Gasteiger partial charge in [0.05, 0.1) is 35.0 Å². The maximum Gasteiger partial charge on any atom is 0.573 e. The van der Waals surface area contributed by atoms with Gasteiger partial charge in [-0.1, -0.05) is 17.7 Å². The van der Waals surface area contributed by atoms with E-state index in [9.17, 15) is 18.0 Å². The molecule has 5 aromatic rings. The molecule has 2 aromatic carbocycles. The largest absolute Gasteiger partial charge is 0.573 e. The molecular weight excluding hydrogens is 551 g/mol. The number of halogens is 4. The number of nitrogens with zero attached hydrogens (tertiary/aromatic N) is 7. The van der Waals surface area contributed by atoms with Gasteiger partial charge in [0.1, 0.15) is 18.0 Å². The highest BCUT2D eigenvalue weighted by molar-refractivity contribution is 6.31. The number of aromatic amines is 1. The van der Waals surface area contributed by atoms with Crippen molar-refractivity contribution in [1.29, 1.82) is 0 Å². The Morgan fingerprint density at radius 1 is 1.15 bits per heavy atom. The molecule has 4 heterocycles. The lowest BCUT2D eigenvalue weighted by Crippen LogP contribution is -2.27. The zero-order valence-electron chi connectivity index (χ0n) is 20.2. The van der Waals surface area contributed by atoms with E-state index in [2.05, 4.69) is 30.2 Å². The maximum atomic E-state index is 13.5. The van der Waals surface area contributed by atoms with Crippen molar-refractivity contribution in [3.8, 4) is 34.0 Å². The molecule has 3 aromatic heterocycles. The Morgan fingerprint density at radius 3 is 2.77 bits per heavy atom. The predicted molar refractivity (Wildman–Crippen MR) is 136 cm³/mol. The molecule has 0 amide bonds. The van der Waals surface area contributed by atoms with Crippen LogP contribution in [0.5, 0.6) is 5.75 Å². The van der Waals surface area contributed by atoms with Crippen molar-refractivity contribution in [3.63, 3.8) is 0 Å². The number of benzene rings is 2. The van der Waals surface area contributed by atoms with E-state index in [1.165, 1.54) is 35.4 Å². The molecule has 0 bridgehead atoms. The Morgan fingerprint density at radius 2 is 2.00 bits per heavy atom. The number of hydrogen-bond acceptors (Lipinski definition) is 8. The van der Waals surface area contributed by atoms with Gasteiger partial charge in [0.15, 0.2) is 5.75 Å². The smallest absolute Gasteiger partial charge is 0.404 e. The highest BCUT2D eigenvalue weighted by Gasteiger charge is 2.55. The molecule has 40 heavy (non-hydrogen) atoms. The fourth-order valence-electron chi connectivity index (χ4n) is 5.30. The number of fused-ring (bicyclic) bond motifs is 3. The predicted octanol–water partition coefficient (Wildman–Crippen LogP) is 4.12. The van der Waals surface area contributed by atoms with E-state index in [1.807, 2.05) is 0 Å². The number of rotatable bonds is 5. The summed E-state index contributed by atoms with van der Waals surface area (Å²) in [6.07, 6.45) is -1.12. The molecule has 1 aliphatic carbocycles. The van der Waals surface area contributed by atoms with E-state index in [4.69, 9.17) is 22.3 Å². The van der Waals surface area contributed by atoms with Crippen molar-refractivity contribution < 1.29 is 17.9 Å². The second kappa shape index (κ2) is 8.64.